The maximum atomic E-state index is 13.5. The maximum absolute atomic E-state index is 13.5. The van der Waals surface area contributed by atoms with E-state index in [2.05, 4.69) is 26.0 Å². The van der Waals surface area contributed by atoms with Gasteiger partial charge in [0.2, 0.25) is 11.6 Å². The molecule has 2 heterocycles. The van der Waals surface area contributed by atoms with E-state index < -0.39 is 10.5 Å². The van der Waals surface area contributed by atoms with Crippen molar-refractivity contribution < 1.29 is 14.1 Å². The van der Waals surface area contributed by atoms with Gasteiger partial charge in [-0.3, -0.25) is 14.9 Å². The molecule has 0 N–H and O–H groups in total. The third kappa shape index (κ3) is 5.57. The summed E-state index contributed by atoms with van der Waals surface area (Å²) in [6.45, 7) is 6.07. The third-order valence-corrected chi connectivity index (χ3v) is 6.44. The number of nitro groups is 1. The number of fused-ring (bicyclic) bond motifs is 2. The summed E-state index contributed by atoms with van der Waals surface area (Å²) >= 11 is 9.84. The smallest absolute Gasteiger partial charge is 0.313 e. The summed E-state index contributed by atoms with van der Waals surface area (Å²) in [5, 5.41) is 17.4. The van der Waals surface area contributed by atoms with Gasteiger partial charge in [0.05, 0.1) is 33.7 Å². The summed E-state index contributed by atoms with van der Waals surface area (Å²) in [5.74, 6) is 0.485. The average Bonchev–Trinajstić information content (AvgIpc) is 3.29. The summed E-state index contributed by atoms with van der Waals surface area (Å²) < 4.78 is 13.7. The number of nitrogens with zero attached hydrogens (tertiary/aromatic N) is 4. The highest BCUT2D eigenvalue weighted by atomic mass is 79.9. The van der Waals surface area contributed by atoms with Crippen molar-refractivity contribution in [2.75, 3.05) is 6.61 Å². The molecule has 5 aromatic rings. The number of hydrogen-bond donors (Lipinski definition) is 0. The molecule has 2 aromatic heterocycles. The van der Waals surface area contributed by atoms with Crippen LogP contribution in [0.25, 0.3) is 33.5 Å². The van der Waals surface area contributed by atoms with Crippen molar-refractivity contribution >= 4 is 61.3 Å². The van der Waals surface area contributed by atoms with E-state index >= 15 is 0 Å². The molecule has 5 rings (SSSR count). The van der Waals surface area contributed by atoms with Crippen molar-refractivity contribution in [3.05, 3.63) is 96.2 Å². The number of halogens is 2. The normalized spacial score (nSPS) is 12.0. The Balaban J connectivity index is 1.63. The Bertz CT molecular complexity index is 1840. The van der Waals surface area contributed by atoms with Gasteiger partial charge in [0.25, 0.3) is 5.56 Å². The molecule has 0 aliphatic rings. The van der Waals surface area contributed by atoms with Gasteiger partial charge < -0.3 is 9.15 Å². The number of furan rings is 1. The fraction of sp³-hybridized carbons (Fsp3) is 0.179. The van der Waals surface area contributed by atoms with Gasteiger partial charge in [-0.25, -0.2) is 4.98 Å². The van der Waals surface area contributed by atoms with Crippen molar-refractivity contribution in [1.29, 1.82) is 0 Å². The zero-order chi connectivity index (χ0) is 27.9. The number of aromatic nitrogens is 2. The molecular formula is C28H22BrClN4O5. The minimum Gasteiger partial charge on any atom is -0.485 e. The lowest BCUT2D eigenvalue weighted by Crippen LogP contribution is -2.20. The molecule has 0 fully saturated rings. The van der Waals surface area contributed by atoms with Crippen LogP contribution in [0.1, 0.15) is 26.3 Å². The van der Waals surface area contributed by atoms with E-state index in [1.807, 2.05) is 32.9 Å². The standard InChI is InChI=1S/C28H22BrClN4O5/c1-28(2,3)15-38-25-20(30)10-16(11-22(25)34(36)37)14-31-33-26(32-21-7-5-4-6-19(21)27(33)35)24-13-17-12-18(29)8-9-23(17)39-24/h4-14H,15H2,1-3H3. The lowest BCUT2D eigenvalue weighted by Gasteiger charge is -2.19. The zero-order valence-electron chi connectivity index (χ0n) is 21.1. The lowest BCUT2D eigenvalue weighted by molar-refractivity contribution is -0.385. The Morgan fingerprint density at radius 3 is 2.69 bits per heavy atom. The molecule has 0 bridgehead atoms. The SMILES string of the molecule is CC(C)(C)COc1c(Cl)cc(C=Nn2c(-c3cc4cc(Br)ccc4o3)nc3ccccc3c2=O)cc1[N+](=O)[O-]. The monoisotopic (exact) mass is 608 g/mol. The highest BCUT2D eigenvalue weighted by Crippen LogP contribution is 2.37. The van der Waals surface area contributed by atoms with Crippen LogP contribution in [-0.4, -0.2) is 27.4 Å². The molecule has 0 spiro atoms. The van der Waals surface area contributed by atoms with Crippen LogP contribution < -0.4 is 10.3 Å². The highest BCUT2D eigenvalue weighted by Gasteiger charge is 2.23. The highest BCUT2D eigenvalue weighted by molar-refractivity contribution is 9.10. The topological polar surface area (TPSA) is 113 Å². The minimum atomic E-state index is -0.567. The molecule has 9 nitrogen and oxygen atoms in total. The molecule has 0 unspecified atom stereocenters. The summed E-state index contributed by atoms with van der Waals surface area (Å²) in [6.07, 6.45) is 1.31. The van der Waals surface area contributed by atoms with E-state index in [1.165, 1.54) is 18.3 Å². The van der Waals surface area contributed by atoms with Gasteiger partial charge in [-0.2, -0.15) is 9.78 Å². The molecule has 0 atom stereocenters. The second-order valence-electron chi connectivity index (χ2n) is 10.1. The van der Waals surface area contributed by atoms with Gasteiger partial charge in [-0.05, 0) is 47.9 Å². The van der Waals surface area contributed by atoms with Crippen LogP contribution >= 0.6 is 27.5 Å². The maximum Gasteiger partial charge on any atom is 0.313 e. The summed E-state index contributed by atoms with van der Waals surface area (Å²) in [5.41, 5.74) is 0.419. The predicted octanol–water partition coefficient (Wildman–Crippen LogP) is 7.44. The van der Waals surface area contributed by atoms with E-state index in [4.69, 9.17) is 20.8 Å². The molecule has 0 amide bonds. The average molecular weight is 610 g/mol. The van der Waals surface area contributed by atoms with Crippen molar-refractivity contribution in [2.45, 2.75) is 20.8 Å². The van der Waals surface area contributed by atoms with E-state index in [0.717, 1.165) is 14.5 Å². The molecule has 11 heteroatoms. The van der Waals surface area contributed by atoms with Crippen LogP contribution in [0, 0.1) is 15.5 Å². The third-order valence-electron chi connectivity index (χ3n) is 5.67. The summed E-state index contributed by atoms with van der Waals surface area (Å²) in [6, 6.07) is 17.0. The van der Waals surface area contributed by atoms with Crippen molar-refractivity contribution in [2.24, 2.45) is 10.5 Å². The molecule has 0 saturated carbocycles. The number of nitro benzene ring substituents is 1. The fourth-order valence-corrected chi connectivity index (χ4v) is 4.54. The molecule has 0 radical (unpaired) electrons. The summed E-state index contributed by atoms with van der Waals surface area (Å²) in [4.78, 5) is 29.4. The van der Waals surface area contributed by atoms with Gasteiger partial charge in [0.15, 0.2) is 5.76 Å². The Labute approximate surface area is 236 Å². The Kier molecular flexibility index (Phi) is 7.00. The van der Waals surface area contributed by atoms with Crippen LogP contribution in [0.15, 0.2) is 79.4 Å². The fourth-order valence-electron chi connectivity index (χ4n) is 3.88. The molecular weight excluding hydrogens is 588 g/mol. The van der Waals surface area contributed by atoms with Gasteiger partial charge in [-0.15, -0.1) is 0 Å². The first kappa shape index (κ1) is 26.6. The van der Waals surface area contributed by atoms with Crippen molar-refractivity contribution in [3.63, 3.8) is 0 Å². The Morgan fingerprint density at radius 1 is 1.18 bits per heavy atom. The number of hydrogen-bond acceptors (Lipinski definition) is 7. The molecule has 3 aromatic carbocycles. The van der Waals surface area contributed by atoms with Gasteiger partial charge in [0, 0.05) is 21.5 Å². The van der Waals surface area contributed by atoms with E-state index in [-0.39, 0.29) is 34.3 Å². The van der Waals surface area contributed by atoms with Gasteiger partial charge in [0.1, 0.15) is 5.58 Å². The van der Waals surface area contributed by atoms with E-state index in [0.29, 0.717) is 27.8 Å². The molecule has 0 saturated heterocycles. The first-order valence-electron chi connectivity index (χ1n) is 11.9. The number of rotatable bonds is 6. The van der Waals surface area contributed by atoms with Crippen LogP contribution in [0.5, 0.6) is 5.75 Å². The van der Waals surface area contributed by atoms with Crippen LogP contribution in [0.2, 0.25) is 5.02 Å². The van der Waals surface area contributed by atoms with Gasteiger partial charge in [-0.1, -0.05) is 60.4 Å². The molecule has 198 valence electrons. The second-order valence-corrected chi connectivity index (χ2v) is 11.4. The Morgan fingerprint density at radius 2 is 1.95 bits per heavy atom. The summed E-state index contributed by atoms with van der Waals surface area (Å²) in [7, 11) is 0. The largest absolute Gasteiger partial charge is 0.485 e. The lowest BCUT2D eigenvalue weighted by atomic mass is 9.99. The van der Waals surface area contributed by atoms with Gasteiger partial charge >= 0.3 is 5.69 Å². The first-order chi connectivity index (χ1) is 18.5. The quantitative estimate of drug-likeness (QED) is 0.112. The molecule has 0 aliphatic heterocycles. The van der Waals surface area contributed by atoms with Crippen molar-refractivity contribution in [1.82, 2.24) is 9.66 Å². The minimum absolute atomic E-state index is 0.0209. The zero-order valence-corrected chi connectivity index (χ0v) is 23.5. The van der Waals surface area contributed by atoms with E-state index in [1.54, 1.807) is 36.4 Å². The predicted molar refractivity (Wildman–Crippen MR) is 155 cm³/mol. The second kappa shape index (κ2) is 10.3. The van der Waals surface area contributed by atoms with Crippen LogP contribution in [-0.2, 0) is 0 Å². The Hall–Kier alpha value is -4.02. The molecule has 0 aliphatic carbocycles. The molecule has 39 heavy (non-hydrogen) atoms. The van der Waals surface area contributed by atoms with Crippen molar-refractivity contribution in [3.8, 4) is 17.3 Å². The van der Waals surface area contributed by atoms with Crippen LogP contribution in [0.3, 0.4) is 0 Å². The number of benzene rings is 3. The first-order valence-corrected chi connectivity index (χ1v) is 13.0. The van der Waals surface area contributed by atoms with E-state index in [9.17, 15) is 14.9 Å². The number of ether oxygens (including phenoxy) is 1. The van der Waals surface area contributed by atoms with Crippen LogP contribution in [0.4, 0.5) is 5.69 Å². The number of para-hydroxylation sites is 1.